The minimum Gasteiger partial charge on any atom is -0.478 e. The van der Waals surface area contributed by atoms with Crippen molar-refractivity contribution >= 4 is 29.3 Å². The highest BCUT2D eigenvalue weighted by Gasteiger charge is 2.12. The summed E-state index contributed by atoms with van der Waals surface area (Å²) in [6.07, 6.45) is 1.63. The van der Waals surface area contributed by atoms with Crippen molar-refractivity contribution in [2.75, 3.05) is 18.4 Å². The number of carbonyl (C=O) groups excluding carboxylic acids is 1. The standard InChI is InChI=1S/C13H15ClN2O3/c1-3-7-16(4-2)13(19)15-9-5-6-10(12(17)18)11(14)8-9/h3,5-6,8H,1,4,7H2,2H3,(H,15,19)(H,17,18). The first-order valence-corrected chi connectivity index (χ1v) is 6.07. The molecule has 1 aromatic carbocycles. The fraction of sp³-hybridized carbons (Fsp3) is 0.231. The molecule has 6 heteroatoms. The van der Waals surface area contributed by atoms with Crippen molar-refractivity contribution in [1.29, 1.82) is 0 Å². The van der Waals surface area contributed by atoms with Crippen LogP contribution >= 0.6 is 11.6 Å². The van der Waals surface area contributed by atoms with Crippen LogP contribution in [0.4, 0.5) is 10.5 Å². The molecular weight excluding hydrogens is 268 g/mol. The summed E-state index contributed by atoms with van der Waals surface area (Å²) >= 11 is 5.82. The lowest BCUT2D eigenvalue weighted by molar-refractivity contribution is 0.0697. The van der Waals surface area contributed by atoms with E-state index in [0.29, 0.717) is 18.8 Å². The second kappa shape index (κ2) is 6.80. The molecule has 1 aromatic rings. The predicted octanol–water partition coefficient (Wildman–Crippen LogP) is 3.08. The Labute approximate surface area is 116 Å². The van der Waals surface area contributed by atoms with Crippen molar-refractivity contribution in [2.45, 2.75) is 6.92 Å². The van der Waals surface area contributed by atoms with E-state index < -0.39 is 5.97 Å². The van der Waals surface area contributed by atoms with Gasteiger partial charge in [0.05, 0.1) is 10.6 Å². The number of carboxylic acids is 1. The van der Waals surface area contributed by atoms with Crippen LogP contribution in [0.5, 0.6) is 0 Å². The van der Waals surface area contributed by atoms with Crippen LogP contribution in [0.2, 0.25) is 5.02 Å². The SMILES string of the molecule is C=CCN(CC)C(=O)Nc1ccc(C(=O)O)c(Cl)c1. The van der Waals surface area contributed by atoms with Crippen LogP contribution < -0.4 is 5.32 Å². The summed E-state index contributed by atoms with van der Waals surface area (Å²) in [6, 6.07) is 3.96. The van der Waals surface area contributed by atoms with Gasteiger partial charge in [-0.25, -0.2) is 9.59 Å². The maximum absolute atomic E-state index is 11.9. The van der Waals surface area contributed by atoms with Crippen LogP contribution in [0.3, 0.4) is 0 Å². The topological polar surface area (TPSA) is 69.6 Å². The Morgan fingerprint density at radius 1 is 1.53 bits per heavy atom. The highest BCUT2D eigenvalue weighted by atomic mass is 35.5. The summed E-state index contributed by atoms with van der Waals surface area (Å²) in [7, 11) is 0. The van der Waals surface area contributed by atoms with Gasteiger partial charge in [0.25, 0.3) is 0 Å². The van der Waals surface area contributed by atoms with Crippen LogP contribution in [-0.2, 0) is 0 Å². The van der Waals surface area contributed by atoms with Gasteiger partial charge in [0.1, 0.15) is 0 Å². The number of rotatable bonds is 5. The van der Waals surface area contributed by atoms with Gasteiger partial charge in [-0.15, -0.1) is 6.58 Å². The van der Waals surface area contributed by atoms with Crippen molar-refractivity contribution in [3.8, 4) is 0 Å². The van der Waals surface area contributed by atoms with E-state index in [0.717, 1.165) is 0 Å². The Kier molecular flexibility index (Phi) is 5.38. The van der Waals surface area contributed by atoms with E-state index in [1.54, 1.807) is 11.0 Å². The molecular formula is C13H15ClN2O3. The van der Waals surface area contributed by atoms with Crippen LogP contribution in [0.1, 0.15) is 17.3 Å². The summed E-state index contributed by atoms with van der Waals surface area (Å²) in [5, 5.41) is 11.6. The molecule has 0 radical (unpaired) electrons. The minimum absolute atomic E-state index is 0.00175. The van der Waals surface area contributed by atoms with Crippen molar-refractivity contribution in [1.82, 2.24) is 4.90 Å². The quantitative estimate of drug-likeness (QED) is 0.816. The third-order valence-electron chi connectivity index (χ3n) is 2.47. The summed E-state index contributed by atoms with van der Waals surface area (Å²) < 4.78 is 0. The van der Waals surface area contributed by atoms with Gasteiger partial charge in [0.15, 0.2) is 0 Å². The van der Waals surface area contributed by atoms with E-state index in [1.807, 2.05) is 6.92 Å². The molecule has 1 rings (SSSR count). The number of halogens is 1. The van der Waals surface area contributed by atoms with Crippen LogP contribution in [0.25, 0.3) is 0 Å². The molecule has 0 saturated carbocycles. The second-order valence-electron chi connectivity index (χ2n) is 3.76. The van der Waals surface area contributed by atoms with E-state index in [1.165, 1.54) is 18.2 Å². The van der Waals surface area contributed by atoms with Gasteiger partial charge in [-0.2, -0.15) is 0 Å². The number of likely N-dealkylation sites (N-methyl/N-ethyl adjacent to an activating group) is 1. The van der Waals surface area contributed by atoms with E-state index in [4.69, 9.17) is 16.7 Å². The zero-order valence-electron chi connectivity index (χ0n) is 10.5. The van der Waals surface area contributed by atoms with Gasteiger partial charge >= 0.3 is 12.0 Å². The van der Waals surface area contributed by atoms with Gasteiger partial charge < -0.3 is 15.3 Å². The van der Waals surface area contributed by atoms with Crippen molar-refractivity contribution in [2.24, 2.45) is 0 Å². The largest absolute Gasteiger partial charge is 0.478 e. The van der Waals surface area contributed by atoms with Gasteiger partial charge in [-0.05, 0) is 25.1 Å². The molecule has 102 valence electrons. The minimum atomic E-state index is -1.11. The van der Waals surface area contributed by atoms with Crippen molar-refractivity contribution < 1.29 is 14.7 Å². The van der Waals surface area contributed by atoms with Crippen molar-refractivity contribution in [3.05, 3.63) is 41.4 Å². The predicted molar refractivity (Wildman–Crippen MR) is 74.9 cm³/mol. The molecule has 2 N–H and O–H groups in total. The Balaban J connectivity index is 2.82. The van der Waals surface area contributed by atoms with Gasteiger partial charge in [-0.3, -0.25) is 0 Å². The number of aromatic carboxylic acids is 1. The number of benzene rings is 1. The molecule has 2 amide bonds. The number of anilines is 1. The smallest absolute Gasteiger partial charge is 0.337 e. The lowest BCUT2D eigenvalue weighted by atomic mass is 10.2. The van der Waals surface area contributed by atoms with Crippen LogP contribution in [0.15, 0.2) is 30.9 Å². The molecule has 19 heavy (non-hydrogen) atoms. The Bertz CT molecular complexity index is 503. The molecule has 0 aromatic heterocycles. The lowest BCUT2D eigenvalue weighted by Gasteiger charge is -2.19. The maximum atomic E-state index is 11.9. The number of hydrogen-bond acceptors (Lipinski definition) is 2. The molecule has 0 spiro atoms. The number of nitrogens with zero attached hydrogens (tertiary/aromatic N) is 1. The number of hydrogen-bond donors (Lipinski definition) is 2. The van der Waals surface area contributed by atoms with Gasteiger partial charge in [-0.1, -0.05) is 17.7 Å². The zero-order chi connectivity index (χ0) is 14.4. The fourth-order valence-corrected chi connectivity index (χ4v) is 1.74. The van der Waals surface area contributed by atoms with E-state index >= 15 is 0 Å². The highest BCUT2D eigenvalue weighted by molar-refractivity contribution is 6.33. The monoisotopic (exact) mass is 282 g/mol. The maximum Gasteiger partial charge on any atom is 0.337 e. The average Bonchev–Trinajstić information content (AvgIpc) is 2.35. The van der Waals surface area contributed by atoms with Gasteiger partial charge in [0, 0.05) is 18.8 Å². The summed E-state index contributed by atoms with van der Waals surface area (Å²) in [4.78, 5) is 24.2. The average molecular weight is 283 g/mol. The Hall–Kier alpha value is -2.01. The normalized spacial score (nSPS) is 9.79. The molecule has 0 heterocycles. The molecule has 0 aliphatic carbocycles. The second-order valence-corrected chi connectivity index (χ2v) is 4.16. The number of amides is 2. The number of carboxylic acid groups (broad SMARTS) is 1. The number of urea groups is 1. The molecule has 0 bridgehead atoms. The molecule has 0 aliphatic heterocycles. The van der Waals surface area contributed by atoms with E-state index in [-0.39, 0.29) is 16.6 Å². The fourth-order valence-electron chi connectivity index (χ4n) is 1.48. The van der Waals surface area contributed by atoms with Crippen LogP contribution in [-0.4, -0.2) is 35.1 Å². The number of nitrogens with one attached hydrogen (secondary N) is 1. The molecule has 0 aliphatic rings. The molecule has 0 fully saturated rings. The summed E-state index contributed by atoms with van der Waals surface area (Å²) in [5.41, 5.74) is 0.445. The van der Waals surface area contributed by atoms with Crippen LogP contribution in [0, 0.1) is 0 Å². The first-order chi connectivity index (χ1) is 8.99. The molecule has 0 saturated heterocycles. The molecule has 0 atom stereocenters. The third-order valence-corrected chi connectivity index (χ3v) is 2.78. The number of carbonyl (C=O) groups is 2. The van der Waals surface area contributed by atoms with Gasteiger partial charge in [0.2, 0.25) is 0 Å². The first kappa shape index (κ1) is 15.0. The van der Waals surface area contributed by atoms with Crippen molar-refractivity contribution in [3.63, 3.8) is 0 Å². The lowest BCUT2D eigenvalue weighted by Crippen LogP contribution is -2.34. The first-order valence-electron chi connectivity index (χ1n) is 5.69. The highest BCUT2D eigenvalue weighted by Crippen LogP contribution is 2.21. The Morgan fingerprint density at radius 2 is 2.21 bits per heavy atom. The summed E-state index contributed by atoms with van der Waals surface area (Å²) in [5.74, 6) is -1.11. The molecule has 0 unspecified atom stereocenters. The zero-order valence-corrected chi connectivity index (χ0v) is 11.3. The third kappa shape index (κ3) is 3.99. The summed E-state index contributed by atoms with van der Waals surface area (Å²) in [6.45, 7) is 6.40. The van der Waals surface area contributed by atoms with E-state index in [9.17, 15) is 9.59 Å². The molecule has 5 nitrogen and oxygen atoms in total. The van der Waals surface area contributed by atoms with E-state index in [2.05, 4.69) is 11.9 Å². The Morgan fingerprint density at radius 3 is 2.68 bits per heavy atom.